The molecule has 1 aliphatic rings. The smallest absolute Gasteiger partial charge is 0.170 e. The molecule has 3 heterocycles. The highest BCUT2D eigenvalue weighted by molar-refractivity contribution is 7.80. The molecule has 2 aromatic heterocycles. The molecule has 0 saturated carbocycles. The summed E-state index contributed by atoms with van der Waals surface area (Å²) in [5, 5.41) is 5.05. The first-order valence-corrected chi connectivity index (χ1v) is 12.7. The Hall–Kier alpha value is -3.35. The lowest BCUT2D eigenvalue weighted by Crippen LogP contribution is -2.29. The van der Waals surface area contributed by atoms with Gasteiger partial charge in [0.25, 0.3) is 0 Å². The van der Waals surface area contributed by atoms with Crippen LogP contribution in [0.1, 0.15) is 45.9 Å². The normalized spacial score (nSPS) is 17.4. The SMILES string of the molecule is COc1ccc(CN2C(=S)N[C@H](c3ccccn3)[C@@H]2c2cc(C)n(-c3cccc(Cl)c3C)c2C)cc1. The van der Waals surface area contributed by atoms with Gasteiger partial charge in [0.05, 0.1) is 24.9 Å². The number of nitrogens with zero attached hydrogens (tertiary/aromatic N) is 3. The fourth-order valence-electron chi connectivity index (χ4n) is 5.14. The molecule has 0 bridgehead atoms. The highest BCUT2D eigenvalue weighted by atomic mass is 35.5. The number of thiocarbonyl (C=S) groups is 1. The third kappa shape index (κ3) is 4.36. The third-order valence-electron chi connectivity index (χ3n) is 6.98. The largest absolute Gasteiger partial charge is 0.497 e. The van der Waals surface area contributed by atoms with Crippen LogP contribution in [0, 0.1) is 20.8 Å². The van der Waals surface area contributed by atoms with Crippen LogP contribution in [0.15, 0.2) is 72.9 Å². The van der Waals surface area contributed by atoms with E-state index < -0.39 is 0 Å². The van der Waals surface area contributed by atoms with E-state index in [1.54, 1.807) is 7.11 Å². The Kier molecular flexibility index (Phi) is 6.73. The average Bonchev–Trinajstić information content (AvgIpc) is 3.36. The zero-order chi connectivity index (χ0) is 25.4. The van der Waals surface area contributed by atoms with Crippen LogP contribution in [0.2, 0.25) is 5.02 Å². The van der Waals surface area contributed by atoms with E-state index in [1.165, 1.54) is 5.56 Å². The summed E-state index contributed by atoms with van der Waals surface area (Å²) in [6.07, 6.45) is 1.84. The maximum atomic E-state index is 6.49. The van der Waals surface area contributed by atoms with Gasteiger partial charge >= 0.3 is 0 Å². The number of aromatic nitrogens is 2. The Balaban J connectivity index is 1.61. The average molecular weight is 517 g/mol. The molecule has 5 rings (SSSR count). The van der Waals surface area contributed by atoms with Crippen molar-refractivity contribution in [1.82, 2.24) is 19.8 Å². The Morgan fingerprint density at radius 3 is 2.50 bits per heavy atom. The molecule has 2 aromatic carbocycles. The first-order chi connectivity index (χ1) is 17.4. The lowest BCUT2D eigenvalue weighted by molar-refractivity contribution is 0.310. The Morgan fingerprint density at radius 1 is 1.03 bits per heavy atom. The molecule has 2 atom stereocenters. The van der Waals surface area contributed by atoms with Gasteiger partial charge in [0.15, 0.2) is 5.11 Å². The van der Waals surface area contributed by atoms with Crippen LogP contribution in [-0.4, -0.2) is 26.7 Å². The van der Waals surface area contributed by atoms with Gasteiger partial charge in [-0.2, -0.15) is 0 Å². The molecule has 4 aromatic rings. The van der Waals surface area contributed by atoms with E-state index in [9.17, 15) is 0 Å². The molecule has 0 aliphatic carbocycles. The first-order valence-electron chi connectivity index (χ1n) is 11.9. The summed E-state index contributed by atoms with van der Waals surface area (Å²) in [7, 11) is 1.68. The zero-order valence-corrected chi connectivity index (χ0v) is 22.4. The van der Waals surface area contributed by atoms with Gasteiger partial charge in [-0.15, -0.1) is 0 Å². The van der Waals surface area contributed by atoms with Crippen LogP contribution in [0.5, 0.6) is 5.75 Å². The number of halogens is 1. The molecule has 184 valence electrons. The van der Waals surface area contributed by atoms with E-state index in [0.29, 0.717) is 6.54 Å². The van der Waals surface area contributed by atoms with Crippen molar-refractivity contribution < 1.29 is 4.74 Å². The van der Waals surface area contributed by atoms with Gasteiger partial charge in [0.1, 0.15) is 5.75 Å². The first kappa shape index (κ1) is 24.3. The highest BCUT2D eigenvalue weighted by Crippen LogP contribution is 2.42. The van der Waals surface area contributed by atoms with Gasteiger partial charge in [-0.25, -0.2) is 0 Å². The van der Waals surface area contributed by atoms with Gasteiger partial charge in [-0.05, 0) is 92.1 Å². The summed E-state index contributed by atoms with van der Waals surface area (Å²) in [5.74, 6) is 0.837. The second kappa shape index (κ2) is 9.96. The number of pyridine rings is 1. The van der Waals surface area contributed by atoms with Crippen LogP contribution in [0.4, 0.5) is 0 Å². The summed E-state index contributed by atoms with van der Waals surface area (Å²) in [4.78, 5) is 6.96. The monoisotopic (exact) mass is 516 g/mol. The lowest BCUT2D eigenvalue weighted by atomic mass is 9.96. The van der Waals surface area contributed by atoms with Gasteiger partial charge in [-0.1, -0.05) is 35.9 Å². The molecule has 0 unspecified atom stereocenters. The predicted molar refractivity (Wildman–Crippen MR) is 149 cm³/mol. The van der Waals surface area contributed by atoms with Crippen molar-refractivity contribution in [2.75, 3.05) is 7.11 Å². The van der Waals surface area contributed by atoms with Crippen molar-refractivity contribution >= 4 is 28.9 Å². The molecular formula is C29H29ClN4OS. The minimum absolute atomic E-state index is 0.0334. The maximum absolute atomic E-state index is 6.49. The molecule has 1 fully saturated rings. The van der Waals surface area contributed by atoms with Crippen LogP contribution in [0.25, 0.3) is 5.69 Å². The minimum Gasteiger partial charge on any atom is -0.497 e. The van der Waals surface area contributed by atoms with Gasteiger partial charge in [0, 0.05) is 34.8 Å². The van der Waals surface area contributed by atoms with Crippen molar-refractivity contribution in [1.29, 1.82) is 0 Å². The minimum atomic E-state index is -0.0774. The number of aryl methyl sites for hydroxylation is 1. The van der Waals surface area contributed by atoms with E-state index in [-0.39, 0.29) is 12.1 Å². The zero-order valence-electron chi connectivity index (χ0n) is 20.8. The van der Waals surface area contributed by atoms with Crippen molar-refractivity contribution in [3.8, 4) is 11.4 Å². The maximum Gasteiger partial charge on any atom is 0.170 e. The summed E-state index contributed by atoms with van der Waals surface area (Å²) >= 11 is 12.4. The number of methoxy groups -OCH3 is 1. The van der Waals surface area contributed by atoms with Crippen LogP contribution < -0.4 is 10.1 Å². The molecule has 1 saturated heterocycles. The van der Waals surface area contributed by atoms with Crippen molar-refractivity contribution in [2.24, 2.45) is 0 Å². The molecule has 36 heavy (non-hydrogen) atoms. The number of rotatable bonds is 6. The summed E-state index contributed by atoms with van der Waals surface area (Å²) in [6.45, 7) is 7.05. The summed E-state index contributed by atoms with van der Waals surface area (Å²) in [5.41, 5.74) is 7.79. The summed E-state index contributed by atoms with van der Waals surface area (Å²) < 4.78 is 7.64. The van der Waals surface area contributed by atoms with Crippen molar-refractivity contribution in [3.05, 3.63) is 112 Å². The van der Waals surface area contributed by atoms with E-state index in [0.717, 1.165) is 49.8 Å². The quantitative estimate of drug-likeness (QED) is 0.291. The molecule has 1 N–H and O–H groups in total. The Morgan fingerprint density at radius 2 is 1.81 bits per heavy atom. The van der Waals surface area contributed by atoms with Gasteiger partial charge < -0.3 is 19.5 Å². The molecule has 0 spiro atoms. The fraction of sp³-hybridized carbons (Fsp3) is 0.241. The van der Waals surface area contributed by atoms with Crippen molar-refractivity contribution in [3.63, 3.8) is 0 Å². The molecular weight excluding hydrogens is 488 g/mol. The predicted octanol–water partition coefficient (Wildman–Crippen LogP) is 6.63. The standard InChI is InChI=1S/C29H29ClN4OS/c1-18-16-23(20(3)34(18)26-10-7-8-24(30)19(26)2)28-27(25-9-5-6-15-31-25)32-29(36)33(28)17-21-11-13-22(35-4)14-12-21/h5-16,27-28H,17H2,1-4H3,(H,32,36)/t27-,28+/m1/s1. The number of nitrogens with one attached hydrogen (secondary N) is 1. The third-order valence-corrected chi connectivity index (χ3v) is 7.74. The Bertz CT molecular complexity index is 1400. The van der Waals surface area contributed by atoms with E-state index in [2.05, 4.69) is 70.9 Å². The van der Waals surface area contributed by atoms with Crippen LogP contribution in [-0.2, 0) is 6.54 Å². The number of benzene rings is 2. The van der Waals surface area contributed by atoms with E-state index in [1.807, 2.05) is 42.6 Å². The molecule has 0 radical (unpaired) electrons. The van der Waals surface area contributed by atoms with Crippen LogP contribution >= 0.6 is 23.8 Å². The number of hydrogen-bond acceptors (Lipinski definition) is 3. The van der Waals surface area contributed by atoms with Gasteiger partial charge in [0.2, 0.25) is 0 Å². The van der Waals surface area contributed by atoms with Crippen LogP contribution in [0.3, 0.4) is 0 Å². The van der Waals surface area contributed by atoms with Gasteiger partial charge in [-0.3, -0.25) is 4.98 Å². The topological polar surface area (TPSA) is 42.3 Å². The van der Waals surface area contributed by atoms with Crippen molar-refractivity contribution in [2.45, 2.75) is 39.4 Å². The highest BCUT2D eigenvalue weighted by Gasteiger charge is 2.41. The fourth-order valence-corrected chi connectivity index (χ4v) is 5.61. The molecule has 5 nitrogen and oxygen atoms in total. The Labute approximate surface area is 222 Å². The lowest BCUT2D eigenvalue weighted by Gasteiger charge is -2.28. The second-order valence-electron chi connectivity index (χ2n) is 9.15. The van der Waals surface area contributed by atoms with E-state index >= 15 is 0 Å². The molecule has 1 aliphatic heterocycles. The molecule has 7 heteroatoms. The summed E-state index contributed by atoms with van der Waals surface area (Å²) in [6, 6.07) is 22.4. The van der Waals surface area contributed by atoms with E-state index in [4.69, 9.17) is 28.6 Å². The molecule has 0 amide bonds. The number of hydrogen-bond donors (Lipinski definition) is 1. The second-order valence-corrected chi connectivity index (χ2v) is 9.94. The number of ether oxygens (including phenoxy) is 1.